The second-order valence-corrected chi connectivity index (χ2v) is 11.0. The molecule has 1 atom stereocenters. The van der Waals surface area contributed by atoms with E-state index in [9.17, 15) is 9.59 Å². The molecule has 1 saturated carbocycles. The Labute approximate surface area is 186 Å². The van der Waals surface area contributed by atoms with Gasteiger partial charge in [0, 0.05) is 18.9 Å². The quantitative estimate of drug-likeness (QED) is 0.481. The van der Waals surface area contributed by atoms with Crippen LogP contribution in [0.1, 0.15) is 64.3 Å². The highest BCUT2D eigenvalue weighted by atomic mass is 16.2. The van der Waals surface area contributed by atoms with E-state index < -0.39 is 0 Å². The highest BCUT2D eigenvalue weighted by Crippen LogP contribution is 2.34. The lowest BCUT2D eigenvalue weighted by atomic mass is 9.83. The number of carbonyl (C=O) groups is 2. The van der Waals surface area contributed by atoms with E-state index in [0.29, 0.717) is 18.6 Å². The zero-order chi connectivity index (χ0) is 22.0. The maximum absolute atomic E-state index is 12.4. The van der Waals surface area contributed by atoms with Crippen molar-refractivity contribution in [1.82, 2.24) is 14.9 Å². The fraction of sp³-hybridized carbons (Fsp3) is 0.654. The van der Waals surface area contributed by atoms with Gasteiger partial charge in [-0.25, -0.2) is 4.98 Å². The van der Waals surface area contributed by atoms with Gasteiger partial charge in [-0.3, -0.25) is 9.59 Å². The van der Waals surface area contributed by atoms with Crippen molar-refractivity contribution < 1.29 is 9.59 Å². The molecule has 168 valence electrons. The van der Waals surface area contributed by atoms with Crippen LogP contribution in [0.2, 0.25) is 0 Å². The summed E-state index contributed by atoms with van der Waals surface area (Å²) in [6.07, 6.45) is 7.72. The molecule has 1 aliphatic carbocycles. The van der Waals surface area contributed by atoms with Gasteiger partial charge in [0.15, 0.2) is 12.1 Å². The molecule has 4 rings (SSSR count). The first kappa shape index (κ1) is 22.2. The van der Waals surface area contributed by atoms with Crippen molar-refractivity contribution >= 4 is 23.1 Å². The van der Waals surface area contributed by atoms with E-state index in [1.807, 2.05) is 0 Å². The maximum atomic E-state index is 12.4. The van der Waals surface area contributed by atoms with Crippen molar-refractivity contribution in [2.24, 2.45) is 23.2 Å². The fourth-order valence-corrected chi connectivity index (χ4v) is 4.92. The van der Waals surface area contributed by atoms with Crippen LogP contribution in [0.4, 0.5) is 0 Å². The summed E-state index contributed by atoms with van der Waals surface area (Å²) in [6, 6.07) is 6.47. The Balaban J connectivity index is 1.57. The van der Waals surface area contributed by atoms with E-state index in [-0.39, 0.29) is 17.1 Å². The van der Waals surface area contributed by atoms with Crippen LogP contribution in [-0.2, 0) is 29.0 Å². The van der Waals surface area contributed by atoms with Gasteiger partial charge in [-0.15, -0.1) is 0 Å². The molecule has 2 aromatic rings. The number of aromatic nitrogens is 2. The minimum absolute atomic E-state index is 0.182. The van der Waals surface area contributed by atoms with E-state index in [4.69, 9.17) is 4.98 Å². The van der Waals surface area contributed by atoms with Crippen LogP contribution in [-0.4, -0.2) is 34.7 Å². The number of piperidine rings is 1. The number of carbonyl (C=O) groups excluding carboxylic acids is 2. The minimum Gasteiger partial charge on any atom is -0.328 e. The molecule has 1 aliphatic heterocycles. The Hall–Kier alpha value is -2.01. The van der Waals surface area contributed by atoms with Crippen molar-refractivity contribution in [2.45, 2.75) is 72.3 Å². The van der Waals surface area contributed by atoms with E-state index in [1.54, 1.807) is 0 Å². The maximum Gasteiger partial charge on any atom is 0.198 e. The predicted octanol–water partition coefficient (Wildman–Crippen LogP) is 4.35. The zero-order valence-corrected chi connectivity index (χ0v) is 19.3. The number of aldehydes is 1. The second-order valence-electron chi connectivity index (χ2n) is 11.0. The predicted molar refractivity (Wildman–Crippen MR) is 124 cm³/mol. The number of rotatable bonds is 9. The number of Topliss-reactive ketones (excluding diaryl/α,β-unsaturated/α-hetero) is 1. The molecular weight excluding hydrogens is 386 g/mol. The van der Waals surface area contributed by atoms with Gasteiger partial charge in [-0.2, -0.15) is 0 Å². The summed E-state index contributed by atoms with van der Waals surface area (Å²) >= 11 is 0. The first-order chi connectivity index (χ1) is 14.8. The van der Waals surface area contributed by atoms with Crippen LogP contribution >= 0.6 is 0 Å². The van der Waals surface area contributed by atoms with Gasteiger partial charge in [0.05, 0.1) is 11.0 Å². The SMILES string of the molecule is CC(C)(C)Cc1nc2cc(CC(CC3CCNCC3)C(=O)C=O)ccc2n1CC1CC1. The molecule has 0 spiro atoms. The van der Waals surface area contributed by atoms with Crippen molar-refractivity contribution in [2.75, 3.05) is 13.1 Å². The Bertz CT molecular complexity index is 930. The molecular formula is C26H37N3O2. The monoisotopic (exact) mass is 423 g/mol. The number of imidazole rings is 1. The van der Waals surface area contributed by atoms with Crippen LogP contribution in [0.25, 0.3) is 11.0 Å². The fourth-order valence-electron chi connectivity index (χ4n) is 4.92. The third-order valence-electron chi connectivity index (χ3n) is 6.80. The molecule has 0 amide bonds. The third-order valence-corrected chi connectivity index (χ3v) is 6.80. The number of nitrogens with zero attached hydrogens (tertiary/aromatic N) is 2. The van der Waals surface area contributed by atoms with Crippen molar-refractivity contribution in [3.8, 4) is 0 Å². The van der Waals surface area contributed by atoms with E-state index in [0.717, 1.165) is 62.3 Å². The van der Waals surface area contributed by atoms with Crippen LogP contribution in [0.3, 0.4) is 0 Å². The molecule has 2 aliphatic rings. The van der Waals surface area contributed by atoms with Crippen molar-refractivity contribution in [1.29, 1.82) is 0 Å². The number of nitrogens with one attached hydrogen (secondary N) is 1. The number of ketones is 1. The molecule has 1 aromatic carbocycles. The van der Waals surface area contributed by atoms with E-state index >= 15 is 0 Å². The smallest absolute Gasteiger partial charge is 0.198 e. The number of fused-ring (bicyclic) bond motifs is 1. The Kier molecular flexibility index (Phi) is 6.61. The van der Waals surface area contributed by atoms with Gasteiger partial charge in [-0.1, -0.05) is 26.8 Å². The Morgan fingerprint density at radius 3 is 2.58 bits per heavy atom. The highest BCUT2D eigenvalue weighted by molar-refractivity contribution is 6.26. The van der Waals surface area contributed by atoms with Crippen molar-refractivity contribution in [3.63, 3.8) is 0 Å². The lowest BCUT2D eigenvalue weighted by molar-refractivity contribution is -0.133. The number of benzene rings is 1. The van der Waals surface area contributed by atoms with Crippen LogP contribution in [0.5, 0.6) is 0 Å². The summed E-state index contributed by atoms with van der Waals surface area (Å²) in [7, 11) is 0. The molecule has 5 nitrogen and oxygen atoms in total. The Morgan fingerprint density at radius 2 is 1.94 bits per heavy atom. The standard InChI is InChI=1S/C26H37N3O2/c1-26(2,3)15-25-28-22-14-20(6-7-23(22)29(25)16-19-4-5-19)13-21(24(31)17-30)12-18-8-10-27-11-9-18/h6-7,14,17-19,21,27H,4-5,8-13,15-16H2,1-3H3. The minimum atomic E-state index is -0.258. The van der Waals surface area contributed by atoms with Gasteiger partial charge < -0.3 is 9.88 Å². The summed E-state index contributed by atoms with van der Waals surface area (Å²) in [4.78, 5) is 28.7. The topological polar surface area (TPSA) is 64.0 Å². The summed E-state index contributed by atoms with van der Waals surface area (Å²) in [5.41, 5.74) is 3.52. The normalized spacial score (nSPS) is 18.9. The van der Waals surface area contributed by atoms with Gasteiger partial charge in [0.2, 0.25) is 0 Å². The summed E-state index contributed by atoms with van der Waals surface area (Å²) in [5.74, 6) is 2.00. The first-order valence-electron chi connectivity index (χ1n) is 12.0. The molecule has 1 N–H and O–H groups in total. The van der Waals surface area contributed by atoms with Gasteiger partial charge in [0.25, 0.3) is 0 Å². The lowest BCUT2D eigenvalue weighted by Gasteiger charge is -2.25. The molecule has 2 fully saturated rings. The van der Waals surface area contributed by atoms with Crippen LogP contribution in [0.15, 0.2) is 18.2 Å². The van der Waals surface area contributed by atoms with Gasteiger partial charge in [-0.05, 0) is 86.6 Å². The molecule has 1 unspecified atom stereocenters. The van der Waals surface area contributed by atoms with Crippen LogP contribution in [0, 0.1) is 23.2 Å². The molecule has 2 heterocycles. The van der Waals surface area contributed by atoms with Crippen molar-refractivity contribution in [3.05, 3.63) is 29.6 Å². The molecule has 5 heteroatoms. The van der Waals surface area contributed by atoms with Crippen LogP contribution < -0.4 is 5.32 Å². The van der Waals surface area contributed by atoms with E-state index in [2.05, 4.69) is 48.9 Å². The molecule has 0 bridgehead atoms. The molecule has 31 heavy (non-hydrogen) atoms. The van der Waals surface area contributed by atoms with Gasteiger partial charge in [0.1, 0.15) is 5.82 Å². The molecule has 0 radical (unpaired) electrons. The Morgan fingerprint density at radius 1 is 1.19 bits per heavy atom. The second kappa shape index (κ2) is 9.23. The molecule has 1 saturated heterocycles. The highest BCUT2D eigenvalue weighted by Gasteiger charge is 2.27. The zero-order valence-electron chi connectivity index (χ0n) is 19.3. The molecule has 1 aromatic heterocycles. The summed E-state index contributed by atoms with van der Waals surface area (Å²) < 4.78 is 2.42. The van der Waals surface area contributed by atoms with Gasteiger partial charge >= 0.3 is 0 Å². The number of hydrogen-bond acceptors (Lipinski definition) is 4. The third kappa shape index (κ3) is 5.82. The average molecular weight is 424 g/mol. The first-order valence-corrected chi connectivity index (χ1v) is 12.0. The lowest BCUT2D eigenvalue weighted by Crippen LogP contribution is -2.31. The van der Waals surface area contributed by atoms with E-state index in [1.165, 1.54) is 24.2 Å². The average Bonchev–Trinajstić information content (AvgIpc) is 3.49. The largest absolute Gasteiger partial charge is 0.328 e. The number of hydrogen-bond donors (Lipinski definition) is 1. The summed E-state index contributed by atoms with van der Waals surface area (Å²) in [5, 5.41) is 3.38. The summed E-state index contributed by atoms with van der Waals surface area (Å²) in [6.45, 7) is 9.85.